The van der Waals surface area contributed by atoms with Gasteiger partial charge in [0.2, 0.25) is 0 Å². The average Bonchev–Trinajstić information content (AvgIpc) is 3.78. The van der Waals surface area contributed by atoms with Crippen LogP contribution < -0.4 is 0 Å². The molecule has 0 spiro atoms. The Hall–Kier alpha value is -8.24. The SMILES string of the molecule is N#Cc1ccc(-c2ccc3c(c2)c2ccccc2n3-c2cc(-c3ccncc3)cc(-n3c4ccccc4c4cc(-c5ccc(C#N)cc5)ccc43)c2C#N)cc1. The van der Waals surface area contributed by atoms with E-state index in [0.29, 0.717) is 16.7 Å². The summed E-state index contributed by atoms with van der Waals surface area (Å²) in [7, 11) is 0. The molecule has 0 saturated carbocycles. The summed E-state index contributed by atoms with van der Waals surface area (Å²) in [6, 6.07) is 60.2. The quantitative estimate of drug-likeness (QED) is 0.177. The second kappa shape index (κ2) is 13.0. The molecule has 3 aromatic heterocycles. The molecule has 0 fully saturated rings. The van der Waals surface area contributed by atoms with E-state index in [0.717, 1.165) is 88.4 Å². The lowest BCUT2D eigenvalue weighted by Crippen LogP contribution is -2.05. The van der Waals surface area contributed by atoms with Gasteiger partial charge in [-0.05, 0) is 118 Å². The van der Waals surface area contributed by atoms with Crippen LogP contribution in [0.2, 0.25) is 0 Å². The molecule has 0 aliphatic carbocycles. The summed E-state index contributed by atoms with van der Waals surface area (Å²) >= 11 is 0. The van der Waals surface area contributed by atoms with Gasteiger partial charge in [-0.3, -0.25) is 4.98 Å². The Labute approximate surface area is 322 Å². The molecule has 10 aromatic rings. The molecule has 0 unspecified atom stereocenters. The predicted molar refractivity (Wildman–Crippen MR) is 223 cm³/mol. The van der Waals surface area contributed by atoms with Crippen molar-refractivity contribution in [3.63, 3.8) is 0 Å². The average molecular weight is 713 g/mol. The highest BCUT2D eigenvalue weighted by Gasteiger charge is 2.23. The van der Waals surface area contributed by atoms with Gasteiger partial charge >= 0.3 is 0 Å². The van der Waals surface area contributed by atoms with Crippen molar-refractivity contribution >= 4 is 43.6 Å². The molecule has 3 heterocycles. The number of benzene rings is 7. The van der Waals surface area contributed by atoms with Gasteiger partial charge in [-0.15, -0.1) is 0 Å². The molecule has 0 atom stereocenters. The normalized spacial score (nSPS) is 11.2. The van der Waals surface area contributed by atoms with Crippen LogP contribution in [0, 0.1) is 34.0 Å². The Morgan fingerprint density at radius 2 is 0.768 bits per heavy atom. The third-order valence-electron chi connectivity index (χ3n) is 10.7. The highest BCUT2D eigenvalue weighted by atomic mass is 15.0. The zero-order chi connectivity index (χ0) is 37.8. The van der Waals surface area contributed by atoms with Crippen molar-refractivity contribution in [2.75, 3.05) is 0 Å². The van der Waals surface area contributed by atoms with Gasteiger partial charge in [0.25, 0.3) is 0 Å². The highest BCUT2D eigenvalue weighted by Crippen LogP contribution is 2.41. The number of hydrogen-bond acceptors (Lipinski definition) is 4. The molecule has 56 heavy (non-hydrogen) atoms. The van der Waals surface area contributed by atoms with Crippen molar-refractivity contribution in [3.05, 3.63) is 187 Å². The molecule has 10 rings (SSSR count). The summed E-state index contributed by atoms with van der Waals surface area (Å²) in [4.78, 5) is 4.30. The minimum atomic E-state index is 0.542. The van der Waals surface area contributed by atoms with Crippen molar-refractivity contribution in [3.8, 4) is 63.0 Å². The largest absolute Gasteiger partial charge is 0.308 e. The van der Waals surface area contributed by atoms with E-state index in [4.69, 9.17) is 0 Å². The molecule has 0 bridgehead atoms. The van der Waals surface area contributed by atoms with Gasteiger partial charge in [-0.2, -0.15) is 15.8 Å². The molecule has 0 aliphatic rings. The maximum absolute atomic E-state index is 11.3. The molecule has 0 radical (unpaired) electrons. The Bertz CT molecular complexity index is 3120. The summed E-state index contributed by atoms with van der Waals surface area (Å²) in [5.74, 6) is 0. The summed E-state index contributed by atoms with van der Waals surface area (Å²) < 4.78 is 4.44. The van der Waals surface area contributed by atoms with E-state index in [1.807, 2.05) is 72.8 Å². The van der Waals surface area contributed by atoms with E-state index in [2.05, 4.69) is 117 Å². The molecule has 0 N–H and O–H groups in total. The van der Waals surface area contributed by atoms with Crippen LogP contribution in [0.3, 0.4) is 0 Å². The van der Waals surface area contributed by atoms with Gasteiger partial charge in [0.15, 0.2) is 0 Å². The van der Waals surface area contributed by atoms with E-state index in [1.54, 1.807) is 12.4 Å². The van der Waals surface area contributed by atoms with Gasteiger partial charge in [-0.25, -0.2) is 0 Å². The van der Waals surface area contributed by atoms with E-state index >= 15 is 0 Å². The number of hydrogen-bond donors (Lipinski definition) is 0. The lowest BCUT2D eigenvalue weighted by molar-refractivity contribution is 1.12. The Morgan fingerprint density at radius 1 is 0.357 bits per heavy atom. The first-order chi connectivity index (χ1) is 27.6. The number of aromatic nitrogens is 3. The van der Waals surface area contributed by atoms with Crippen LogP contribution in [-0.2, 0) is 0 Å². The smallest absolute Gasteiger partial charge is 0.104 e. The van der Waals surface area contributed by atoms with E-state index in [9.17, 15) is 15.8 Å². The number of pyridine rings is 1. The fourth-order valence-electron chi connectivity index (χ4n) is 8.09. The van der Waals surface area contributed by atoms with Gasteiger partial charge in [0, 0.05) is 33.9 Å². The van der Waals surface area contributed by atoms with E-state index < -0.39 is 0 Å². The zero-order valence-corrected chi connectivity index (χ0v) is 29.8. The van der Waals surface area contributed by atoms with Crippen molar-refractivity contribution in [2.24, 2.45) is 0 Å². The first kappa shape index (κ1) is 32.4. The van der Waals surface area contributed by atoms with Crippen LogP contribution in [0.5, 0.6) is 0 Å². The lowest BCUT2D eigenvalue weighted by Gasteiger charge is -2.18. The third kappa shape index (κ3) is 5.12. The minimum absolute atomic E-state index is 0.542. The molecule has 0 aliphatic heterocycles. The van der Waals surface area contributed by atoms with Gasteiger partial charge in [0.1, 0.15) is 11.6 Å². The number of para-hydroxylation sites is 2. The van der Waals surface area contributed by atoms with Crippen LogP contribution >= 0.6 is 0 Å². The van der Waals surface area contributed by atoms with Gasteiger partial charge < -0.3 is 9.13 Å². The number of rotatable bonds is 5. The molecule has 6 nitrogen and oxygen atoms in total. The molecule has 258 valence electrons. The zero-order valence-electron chi connectivity index (χ0n) is 29.8. The van der Waals surface area contributed by atoms with E-state index in [1.165, 1.54) is 0 Å². The summed E-state index contributed by atoms with van der Waals surface area (Å²) in [6.07, 6.45) is 3.59. The Kier molecular flexibility index (Phi) is 7.53. The summed E-state index contributed by atoms with van der Waals surface area (Å²) in [5, 5.41) is 34.3. The molecular formula is C50H28N6. The predicted octanol–water partition coefficient (Wildman–Crippen LogP) is 11.9. The van der Waals surface area contributed by atoms with Crippen LogP contribution in [-0.4, -0.2) is 14.1 Å². The minimum Gasteiger partial charge on any atom is -0.308 e. The lowest BCUT2D eigenvalue weighted by atomic mass is 10.00. The molecule has 7 aromatic carbocycles. The van der Waals surface area contributed by atoms with Crippen LogP contribution in [0.1, 0.15) is 16.7 Å². The Morgan fingerprint density at radius 3 is 1.21 bits per heavy atom. The van der Waals surface area contributed by atoms with Crippen LogP contribution in [0.25, 0.3) is 88.4 Å². The van der Waals surface area contributed by atoms with Crippen molar-refractivity contribution in [2.45, 2.75) is 0 Å². The van der Waals surface area contributed by atoms with Crippen molar-refractivity contribution in [1.82, 2.24) is 14.1 Å². The topological polar surface area (TPSA) is 94.1 Å². The first-order valence-electron chi connectivity index (χ1n) is 18.2. The molecule has 0 amide bonds. The first-order valence-corrected chi connectivity index (χ1v) is 18.2. The fraction of sp³-hybridized carbons (Fsp3) is 0. The summed E-state index contributed by atoms with van der Waals surface area (Å²) in [5.41, 5.74) is 13.3. The van der Waals surface area contributed by atoms with Crippen molar-refractivity contribution in [1.29, 1.82) is 15.8 Å². The van der Waals surface area contributed by atoms with Gasteiger partial charge in [-0.1, -0.05) is 72.8 Å². The molecule has 0 saturated heterocycles. The fourth-order valence-corrected chi connectivity index (χ4v) is 8.09. The standard InChI is InChI=1S/C50H28N6/c51-29-32-9-13-34(14-10-32)37-17-19-47-42(25-37)40-5-1-3-7-45(40)55(47)49-27-39(36-21-23-54-24-22-36)28-50(44(49)31-53)56-46-8-4-2-6-41(46)43-26-38(18-20-48(43)56)35-15-11-33(30-52)12-16-35/h1-28H. The maximum atomic E-state index is 11.3. The monoisotopic (exact) mass is 712 g/mol. The van der Waals surface area contributed by atoms with E-state index in [-0.39, 0.29) is 0 Å². The Balaban J connectivity index is 1.26. The van der Waals surface area contributed by atoms with Gasteiger partial charge in [0.05, 0.1) is 56.7 Å². The van der Waals surface area contributed by atoms with Crippen LogP contribution in [0.4, 0.5) is 0 Å². The van der Waals surface area contributed by atoms with Crippen LogP contribution in [0.15, 0.2) is 170 Å². The number of nitriles is 3. The highest BCUT2D eigenvalue weighted by molar-refractivity contribution is 6.12. The molecule has 6 heteroatoms. The second-order valence-electron chi connectivity index (χ2n) is 13.8. The summed E-state index contributed by atoms with van der Waals surface area (Å²) in [6.45, 7) is 0. The second-order valence-corrected chi connectivity index (χ2v) is 13.8. The third-order valence-corrected chi connectivity index (χ3v) is 10.7. The maximum Gasteiger partial charge on any atom is 0.104 e. The molecular weight excluding hydrogens is 685 g/mol. The number of fused-ring (bicyclic) bond motifs is 6. The number of nitrogens with zero attached hydrogens (tertiary/aromatic N) is 6. The van der Waals surface area contributed by atoms with Crippen molar-refractivity contribution < 1.29 is 0 Å².